The van der Waals surface area contributed by atoms with Crippen LogP contribution < -0.4 is 0 Å². The predicted molar refractivity (Wildman–Crippen MR) is 42.3 cm³/mol. The van der Waals surface area contributed by atoms with Crippen molar-refractivity contribution in [2.75, 3.05) is 0 Å². The van der Waals surface area contributed by atoms with Crippen LogP contribution in [0.2, 0.25) is 0 Å². The third-order valence-electron chi connectivity index (χ3n) is 1.49. The Morgan fingerprint density at radius 1 is 1.33 bits per heavy atom. The number of alkyl halides is 1. The number of halogens is 1. The van der Waals surface area contributed by atoms with Gasteiger partial charge in [0, 0.05) is 4.83 Å². The standard InChI is InChI=1S/C7H14BrO/c1-5(7(3)8)4-6(2)9/h5-7H,4H2,1-3H3. The molecule has 0 aliphatic carbocycles. The van der Waals surface area contributed by atoms with Gasteiger partial charge in [-0.25, -0.2) is 5.11 Å². The molecule has 55 valence electrons. The molecule has 9 heavy (non-hydrogen) atoms. The maximum Gasteiger partial charge on any atom is 0.0905 e. The maximum absolute atomic E-state index is 10.6. The first-order valence-electron chi connectivity index (χ1n) is 3.34. The highest BCUT2D eigenvalue weighted by molar-refractivity contribution is 9.09. The third kappa shape index (κ3) is 4.91. The molecule has 0 saturated carbocycles. The molecule has 0 bridgehead atoms. The van der Waals surface area contributed by atoms with Crippen LogP contribution in [0.4, 0.5) is 0 Å². The molecule has 0 aromatic heterocycles. The average molecular weight is 194 g/mol. The molecule has 0 saturated heterocycles. The molecule has 1 radical (unpaired) electrons. The van der Waals surface area contributed by atoms with Crippen LogP contribution >= 0.6 is 15.9 Å². The Morgan fingerprint density at radius 2 is 1.78 bits per heavy atom. The van der Waals surface area contributed by atoms with Crippen LogP contribution in [0, 0.1) is 5.92 Å². The van der Waals surface area contributed by atoms with E-state index in [0.717, 1.165) is 6.42 Å². The summed E-state index contributed by atoms with van der Waals surface area (Å²) in [6.45, 7) is 5.88. The number of rotatable bonds is 3. The molecule has 2 heteroatoms. The normalized spacial score (nSPS) is 21.0. The second-order valence-corrected chi connectivity index (χ2v) is 4.15. The summed E-state index contributed by atoms with van der Waals surface area (Å²) in [5.41, 5.74) is 0. The maximum atomic E-state index is 10.6. The summed E-state index contributed by atoms with van der Waals surface area (Å²) in [5, 5.41) is 10.6. The monoisotopic (exact) mass is 193 g/mol. The van der Waals surface area contributed by atoms with Gasteiger partial charge >= 0.3 is 0 Å². The molecule has 0 aliphatic rings. The summed E-state index contributed by atoms with van der Waals surface area (Å²) in [6, 6.07) is 0. The van der Waals surface area contributed by atoms with Gasteiger partial charge < -0.3 is 0 Å². The zero-order valence-electron chi connectivity index (χ0n) is 6.23. The molecule has 0 aromatic rings. The van der Waals surface area contributed by atoms with Gasteiger partial charge in [0.15, 0.2) is 0 Å². The Balaban J connectivity index is 3.38. The van der Waals surface area contributed by atoms with Crippen molar-refractivity contribution in [1.82, 2.24) is 0 Å². The number of hydrogen-bond acceptors (Lipinski definition) is 0. The first-order valence-corrected chi connectivity index (χ1v) is 4.25. The summed E-state index contributed by atoms with van der Waals surface area (Å²) >= 11 is 3.43. The lowest BCUT2D eigenvalue weighted by molar-refractivity contribution is 0.0844. The van der Waals surface area contributed by atoms with Crippen LogP contribution in [0.5, 0.6) is 0 Å². The Kier molecular flexibility index (Phi) is 4.50. The minimum atomic E-state index is -0.417. The van der Waals surface area contributed by atoms with Crippen LogP contribution in [0.1, 0.15) is 27.2 Å². The van der Waals surface area contributed by atoms with E-state index in [1.165, 1.54) is 0 Å². The SMILES string of the molecule is CC([O])CC(C)C(C)Br. The van der Waals surface area contributed by atoms with Crippen molar-refractivity contribution in [3.8, 4) is 0 Å². The van der Waals surface area contributed by atoms with Gasteiger partial charge in [-0.1, -0.05) is 29.8 Å². The van der Waals surface area contributed by atoms with Gasteiger partial charge in [0.2, 0.25) is 0 Å². The van der Waals surface area contributed by atoms with Crippen molar-refractivity contribution in [3.05, 3.63) is 0 Å². The fourth-order valence-corrected chi connectivity index (χ4v) is 0.927. The zero-order chi connectivity index (χ0) is 7.44. The van der Waals surface area contributed by atoms with Gasteiger partial charge in [0.1, 0.15) is 0 Å². The Labute approximate surface area is 65.6 Å². The van der Waals surface area contributed by atoms with E-state index in [2.05, 4.69) is 29.8 Å². The molecule has 0 spiro atoms. The molecular formula is C7H14BrO. The summed E-state index contributed by atoms with van der Waals surface area (Å²) in [5.74, 6) is 0.498. The van der Waals surface area contributed by atoms with Crippen LogP contribution in [-0.2, 0) is 5.11 Å². The molecule has 1 nitrogen and oxygen atoms in total. The topological polar surface area (TPSA) is 19.9 Å². The largest absolute Gasteiger partial charge is 0.233 e. The van der Waals surface area contributed by atoms with Crippen LogP contribution in [0.3, 0.4) is 0 Å². The molecule has 0 N–H and O–H groups in total. The summed E-state index contributed by atoms with van der Waals surface area (Å²) in [4.78, 5) is 0.467. The number of hydrogen-bond donors (Lipinski definition) is 0. The fourth-order valence-electron chi connectivity index (χ4n) is 0.711. The first-order chi connectivity index (χ1) is 4.04. The molecule has 0 fully saturated rings. The third-order valence-corrected chi connectivity index (χ3v) is 2.39. The average Bonchev–Trinajstić information content (AvgIpc) is 1.63. The highest BCUT2D eigenvalue weighted by Gasteiger charge is 2.11. The zero-order valence-corrected chi connectivity index (χ0v) is 7.81. The van der Waals surface area contributed by atoms with E-state index in [9.17, 15) is 5.11 Å². The molecule has 0 amide bonds. The molecular weight excluding hydrogens is 180 g/mol. The highest BCUT2D eigenvalue weighted by atomic mass is 79.9. The van der Waals surface area contributed by atoms with Crippen molar-refractivity contribution in [2.45, 2.75) is 38.1 Å². The Hall–Kier alpha value is 0.440. The Bertz CT molecular complexity index is 71.3. The van der Waals surface area contributed by atoms with Crippen molar-refractivity contribution >= 4 is 15.9 Å². The minimum absolute atomic E-state index is 0.417. The van der Waals surface area contributed by atoms with Crippen LogP contribution in [0.25, 0.3) is 0 Å². The van der Waals surface area contributed by atoms with E-state index in [1.54, 1.807) is 6.92 Å². The van der Waals surface area contributed by atoms with Crippen LogP contribution in [-0.4, -0.2) is 10.9 Å². The van der Waals surface area contributed by atoms with E-state index in [1.807, 2.05) is 0 Å². The fraction of sp³-hybridized carbons (Fsp3) is 1.00. The lowest BCUT2D eigenvalue weighted by atomic mass is 10.0. The van der Waals surface area contributed by atoms with E-state index in [-0.39, 0.29) is 0 Å². The molecule has 0 heterocycles. The summed E-state index contributed by atoms with van der Waals surface area (Å²) in [7, 11) is 0. The molecule has 3 unspecified atom stereocenters. The van der Waals surface area contributed by atoms with Crippen molar-refractivity contribution in [2.24, 2.45) is 5.92 Å². The minimum Gasteiger partial charge on any atom is -0.233 e. The van der Waals surface area contributed by atoms with E-state index >= 15 is 0 Å². The van der Waals surface area contributed by atoms with Gasteiger partial charge in [-0.2, -0.15) is 0 Å². The molecule has 3 atom stereocenters. The van der Waals surface area contributed by atoms with Gasteiger partial charge in [-0.15, -0.1) is 0 Å². The second kappa shape index (κ2) is 4.29. The smallest absolute Gasteiger partial charge is 0.0905 e. The second-order valence-electron chi connectivity index (χ2n) is 2.70. The molecule has 0 aliphatic heterocycles. The predicted octanol–water partition coefficient (Wildman–Crippen LogP) is 2.62. The summed E-state index contributed by atoms with van der Waals surface area (Å²) < 4.78 is 0. The van der Waals surface area contributed by atoms with Gasteiger partial charge in [0.05, 0.1) is 6.10 Å². The lowest BCUT2D eigenvalue weighted by Crippen LogP contribution is -2.12. The molecule has 0 rings (SSSR count). The van der Waals surface area contributed by atoms with Gasteiger partial charge in [-0.05, 0) is 19.3 Å². The highest BCUT2D eigenvalue weighted by Crippen LogP contribution is 2.16. The summed E-state index contributed by atoms with van der Waals surface area (Å²) in [6.07, 6.45) is 0.354. The quantitative estimate of drug-likeness (QED) is 0.615. The van der Waals surface area contributed by atoms with Crippen LogP contribution in [0.15, 0.2) is 0 Å². The van der Waals surface area contributed by atoms with Gasteiger partial charge in [0.25, 0.3) is 0 Å². The van der Waals surface area contributed by atoms with Crippen molar-refractivity contribution < 1.29 is 5.11 Å². The lowest BCUT2D eigenvalue weighted by Gasteiger charge is -2.13. The van der Waals surface area contributed by atoms with E-state index < -0.39 is 6.10 Å². The van der Waals surface area contributed by atoms with E-state index in [0.29, 0.717) is 10.7 Å². The van der Waals surface area contributed by atoms with E-state index in [4.69, 9.17) is 0 Å². The van der Waals surface area contributed by atoms with Crippen molar-refractivity contribution in [1.29, 1.82) is 0 Å². The van der Waals surface area contributed by atoms with Crippen molar-refractivity contribution in [3.63, 3.8) is 0 Å². The molecule has 0 aromatic carbocycles. The Morgan fingerprint density at radius 3 is 1.89 bits per heavy atom. The van der Waals surface area contributed by atoms with Gasteiger partial charge in [-0.3, -0.25) is 0 Å². The first kappa shape index (κ1) is 9.44.